The fraction of sp³-hybridized carbons (Fsp3) is 1.00. The van der Waals surface area contributed by atoms with E-state index in [4.69, 9.17) is 17.3 Å². The molecule has 1 heterocycles. The summed E-state index contributed by atoms with van der Waals surface area (Å²) < 4.78 is 29.5. The Bertz CT molecular complexity index is 288. The van der Waals surface area contributed by atoms with Crippen LogP contribution in [-0.4, -0.2) is 58.1 Å². The van der Waals surface area contributed by atoms with Gasteiger partial charge in [0.25, 0.3) is 7.82 Å². The Labute approximate surface area is 94.7 Å². The Morgan fingerprint density at radius 2 is 2.31 bits per heavy atom. The average molecular weight is 251 g/mol. The van der Waals surface area contributed by atoms with Crippen molar-refractivity contribution in [3.63, 3.8) is 0 Å². The highest BCUT2D eigenvalue weighted by molar-refractivity contribution is 7.45. The van der Waals surface area contributed by atoms with E-state index in [9.17, 15) is 14.6 Å². The Kier molecular flexibility index (Phi) is 4.53. The van der Waals surface area contributed by atoms with Crippen molar-refractivity contribution in [3.05, 3.63) is 0 Å². The van der Waals surface area contributed by atoms with Gasteiger partial charge in [-0.3, -0.25) is 4.57 Å². The predicted octanol–water partition coefficient (Wildman–Crippen LogP) is -1.61. The van der Waals surface area contributed by atoms with Crippen molar-refractivity contribution in [3.8, 4) is 0 Å². The molecule has 16 heavy (non-hydrogen) atoms. The molecular formula is C7H13BO7P-. The predicted molar refractivity (Wildman–Crippen MR) is 51.8 cm³/mol. The van der Waals surface area contributed by atoms with Gasteiger partial charge in [-0.05, 0) is 0 Å². The number of phosphoric acid groups is 1. The third-order valence-electron chi connectivity index (χ3n) is 2.28. The summed E-state index contributed by atoms with van der Waals surface area (Å²) in [5.41, 5.74) is -1.51. The van der Waals surface area contributed by atoms with Gasteiger partial charge in [0.05, 0.1) is 18.7 Å². The van der Waals surface area contributed by atoms with Crippen molar-refractivity contribution in [2.24, 2.45) is 0 Å². The normalized spacial score (nSPS) is 38.5. The summed E-state index contributed by atoms with van der Waals surface area (Å²) >= 11 is 0. The third-order valence-corrected chi connectivity index (χ3v) is 3.17. The maximum atomic E-state index is 10.9. The second-order valence-corrected chi connectivity index (χ2v) is 4.91. The van der Waals surface area contributed by atoms with Gasteiger partial charge < -0.3 is 28.5 Å². The molecule has 1 aliphatic rings. The van der Waals surface area contributed by atoms with Crippen LogP contribution in [0.5, 0.6) is 0 Å². The zero-order chi connectivity index (χ0) is 12.4. The number of hydrogen-bond donors (Lipinski definition) is 1. The standard InChI is InChI=1S/C7H14BO7P/c1-12-6-5(9)3-14-7(6,8)4-15-16(10,11)13-2/h5-6,9H,3-4H2,1-2H3,(H,10,11)/p-1/t5-,6-,7-/m0/s1. The first-order chi connectivity index (χ1) is 7.34. The first kappa shape index (κ1) is 14.1. The topological polar surface area (TPSA) is 97.3 Å². The Hall–Kier alpha value is 0.0549. The van der Waals surface area contributed by atoms with Crippen LogP contribution in [-0.2, 0) is 23.1 Å². The second kappa shape index (κ2) is 5.14. The number of aliphatic hydroxyl groups excluding tert-OH is 1. The molecular weight excluding hydrogens is 238 g/mol. The van der Waals surface area contributed by atoms with Gasteiger partial charge in [-0.1, -0.05) is 0 Å². The molecule has 9 heteroatoms. The van der Waals surface area contributed by atoms with E-state index >= 15 is 0 Å². The highest BCUT2D eigenvalue weighted by Crippen LogP contribution is 2.39. The minimum Gasteiger partial charge on any atom is -0.756 e. The summed E-state index contributed by atoms with van der Waals surface area (Å²) in [6.07, 6.45) is -1.78. The van der Waals surface area contributed by atoms with Crippen molar-refractivity contribution in [2.75, 3.05) is 27.4 Å². The summed E-state index contributed by atoms with van der Waals surface area (Å²) in [7, 11) is 3.64. The van der Waals surface area contributed by atoms with E-state index in [0.717, 1.165) is 7.11 Å². The molecule has 0 aliphatic carbocycles. The molecule has 0 amide bonds. The molecule has 7 nitrogen and oxygen atoms in total. The first-order valence-electron chi connectivity index (χ1n) is 4.49. The molecule has 1 rings (SSSR count). The van der Waals surface area contributed by atoms with Gasteiger partial charge in [0.1, 0.15) is 20.1 Å². The molecule has 0 bridgehead atoms. The van der Waals surface area contributed by atoms with Crippen LogP contribution in [0.25, 0.3) is 0 Å². The molecule has 1 unspecified atom stereocenters. The highest BCUT2D eigenvalue weighted by atomic mass is 31.2. The Morgan fingerprint density at radius 3 is 2.81 bits per heavy atom. The van der Waals surface area contributed by atoms with Crippen LogP contribution in [0.2, 0.25) is 0 Å². The van der Waals surface area contributed by atoms with Crippen molar-refractivity contribution in [1.29, 1.82) is 0 Å². The monoisotopic (exact) mass is 251 g/mol. The molecule has 4 atom stereocenters. The molecule has 1 fully saturated rings. The maximum absolute atomic E-state index is 10.9. The fourth-order valence-corrected chi connectivity index (χ4v) is 1.91. The van der Waals surface area contributed by atoms with Crippen molar-refractivity contribution >= 4 is 15.7 Å². The van der Waals surface area contributed by atoms with E-state index in [1.54, 1.807) is 0 Å². The zero-order valence-electron chi connectivity index (χ0n) is 8.99. The molecule has 0 aromatic carbocycles. The lowest BCUT2D eigenvalue weighted by atomic mass is 9.77. The van der Waals surface area contributed by atoms with E-state index in [0.29, 0.717) is 0 Å². The van der Waals surface area contributed by atoms with E-state index in [1.165, 1.54) is 7.11 Å². The third kappa shape index (κ3) is 3.04. The maximum Gasteiger partial charge on any atom is 0.267 e. The number of ether oxygens (including phenoxy) is 2. The van der Waals surface area contributed by atoms with Crippen LogP contribution in [0, 0.1) is 0 Å². The minimum atomic E-state index is -4.37. The molecule has 2 radical (unpaired) electrons. The summed E-state index contributed by atoms with van der Waals surface area (Å²) in [4.78, 5) is 10.9. The van der Waals surface area contributed by atoms with Crippen LogP contribution in [0.3, 0.4) is 0 Å². The first-order valence-corrected chi connectivity index (χ1v) is 5.96. The average Bonchev–Trinajstić information content (AvgIpc) is 2.53. The number of rotatable bonds is 5. The van der Waals surface area contributed by atoms with E-state index in [-0.39, 0.29) is 6.61 Å². The summed E-state index contributed by atoms with van der Waals surface area (Å²) in [6.45, 7) is -0.536. The van der Waals surface area contributed by atoms with E-state index in [2.05, 4.69) is 9.05 Å². The lowest BCUT2D eigenvalue weighted by molar-refractivity contribution is -0.226. The van der Waals surface area contributed by atoms with Crippen molar-refractivity contribution < 1.29 is 33.1 Å². The smallest absolute Gasteiger partial charge is 0.267 e. The van der Waals surface area contributed by atoms with Gasteiger partial charge in [-0.2, -0.15) is 0 Å². The number of aliphatic hydroxyl groups is 1. The molecule has 1 N–H and O–H groups in total. The van der Waals surface area contributed by atoms with E-state index < -0.39 is 32.1 Å². The van der Waals surface area contributed by atoms with Crippen LogP contribution >= 0.6 is 7.82 Å². The largest absolute Gasteiger partial charge is 0.756 e. The lowest BCUT2D eigenvalue weighted by Gasteiger charge is -2.32. The number of phosphoric ester groups is 1. The van der Waals surface area contributed by atoms with Gasteiger partial charge in [-0.25, -0.2) is 0 Å². The van der Waals surface area contributed by atoms with Crippen molar-refractivity contribution in [2.45, 2.75) is 17.7 Å². The minimum absolute atomic E-state index is 0.0471. The summed E-state index contributed by atoms with van der Waals surface area (Å²) in [5.74, 6) is 0. The van der Waals surface area contributed by atoms with Gasteiger partial charge in [0, 0.05) is 14.2 Å². The van der Waals surface area contributed by atoms with Gasteiger partial charge in [0.15, 0.2) is 0 Å². The molecule has 0 aromatic heterocycles. The molecule has 0 saturated carbocycles. The quantitative estimate of drug-likeness (QED) is 0.463. The van der Waals surface area contributed by atoms with Gasteiger partial charge in [0.2, 0.25) is 0 Å². The number of methoxy groups -OCH3 is 1. The van der Waals surface area contributed by atoms with Gasteiger partial charge in [-0.15, -0.1) is 0 Å². The van der Waals surface area contributed by atoms with Crippen LogP contribution in [0.15, 0.2) is 0 Å². The van der Waals surface area contributed by atoms with Crippen molar-refractivity contribution in [1.82, 2.24) is 0 Å². The van der Waals surface area contributed by atoms with E-state index in [1.807, 2.05) is 0 Å². The lowest BCUT2D eigenvalue weighted by Crippen LogP contribution is -2.48. The molecule has 1 aliphatic heterocycles. The second-order valence-electron chi connectivity index (χ2n) is 3.39. The van der Waals surface area contributed by atoms with Crippen LogP contribution in [0.1, 0.15) is 0 Å². The zero-order valence-corrected chi connectivity index (χ0v) is 9.88. The molecule has 92 valence electrons. The Morgan fingerprint density at radius 1 is 1.69 bits per heavy atom. The summed E-state index contributed by atoms with van der Waals surface area (Å²) in [5, 5.41) is 9.45. The molecule has 0 aromatic rings. The summed E-state index contributed by atoms with van der Waals surface area (Å²) in [6, 6.07) is 0. The van der Waals surface area contributed by atoms with Gasteiger partial charge >= 0.3 is 0 Å². The van der Waals surface area contributed by atoms with Crippen LogP contribution < -0.4 is 4.89 Å². The molecule has 1 saturated heterocycles. The fourth-order valence-electron chi connectivity index (χ4n) is 1.45. The SMILES string of the molecule is [B][C@@]1(COP(=O)([O-])OC)OC[C@H](O)[C@@H]1OC. The number of hydrogen-bond acceptors (Lipinski definition) is 7. The molecule has 0 spiro atoms. The highest BCUT2D eigenvalue weighted by Gasteiger charge is 2.46. The van der Waals surface area contributed by atoms with Crippen LogP contribution in [0.4, 0.5) is 0 Å². The Balaban J connectivity index is 2.62.